The zero-order chi connectivity index (χ0) is 22.1. The standard InChI is InChI=1S/C21H26N4O4S/c1-14-8-9-17(11-19(14)30(28,29)24(2)3)23-20(26)13-25-12-16-7-5-4-6-15(16)10-18(25)21(22)27/h4-9,11,18H,10,12-13H2,1-3H3,(H2,22,27)(H,23,26)/t18-/m0/s1. The molecule has 0 saturated carbocycles. The van der Waals surface area contributed by atoms with Crippen LogP contribution in [-0.2, 0) is 32.6 Å². The van der Waals surface area contributed by atoms with Crippen LogP contribution in [0.15, 0.2) is 47.4 Å². The lowest BCUT2D eigenvalue weighted by atomic mass is 9.93. The van der Waals surface area contributed by atoms with Gasteiger partial charge in [-0.3, -0.25) is 14.5 Å². The number of benzene rings is 2. The van der Waals surface area contributed by atoms with Crippen molar-refractivity contribution < 1.29 is 18.0 Å². The third-order valence-electron chi connectivity index (χ3n) is 5.25. The molecule has 0 unspecified atom stereocenters. The Bertz CT molecular complexity index is 1080. The maximum absolute atomic E-state index is 12.7. The molecule has 160 valence electrons. The number of amides is 2. The van der Waals surface area contributed by atoms with Gasteiger partial charge >= 0.3 is 0 Å². The Morgan fingerprint density at radius 2 is 1.83 bits per heavy atom. The number of hydrogen-bond acceptors (Lipinski definition) is 5. The fraction of sp³-hybridized carbons (Fsp3) is 0.333. The van der Waals surface area contributed by atoms with Gasteiger partial charge in [0.1, 0.15) is 0 Å². The first kappa shape index (κ1) is 21.9. The van der Waals surface area contributed by atoms with Crippen LogP contribution in [0.5, 0.6) is 0 Å². The number of primary amides is 1. The fourth-order valence-corrected chi connectivity index (χ4v) is 4.71. The average molecular weight is 431 g/mol. The van der Waals surface area contributed by atoms with E-state index in [1.165, 1.54) is 20.2 Å². The van der Waals surface area contributed by atoms with Gasteiger partial charge in [0.2, 0.25) is 21.8 Å². The van der Waals surface area contributed by atoms with Gasteiger partial charge in [-0.15, -0.1) is 0 Å². The molecule has 30 heavy (non-hydrogen) atoms. The van der Waals surface area contributed by atoms with Crippen LogP contribution in [-0.4, -0.2) is 56.1 Å². The number of rotatable bonds is 6. The second-order valence-corrected chi connectivity index (χ2v) is 9.73. The van der Waals surface area contributed by atoms with Gasteiger partial charge in [-0.2, -0.15) is 0 Å². The molecule has 0 fully saturated rings. The molecule has 0 saturated heterocycles. The molecular formula is C21H26N4O4S. The van der Waals surface area contributed by atoms with E-state index in [0.717, 1.165) is 15.4 Å². The number of nitrogens with one attached hydrogen (secondary N) is 1. The molecule has 1 aliphatic rings. The minimum absolute atomic E-state index is 0.0361. The van der Waals surface area contributed by atoms with Crippen LogP contribution in [0.2, 0.25) is 0 Å². The van der Waals surface area contributed by atoms with Gasteiger partial charge in [-0.25, -0.2) is 12.7 Å². The molecule has 0 aromatic heterocycles. The highest BCUT2D eigenvalue weighted by Crippen LogP contribution is 2.24. The summed E-state index contributed by atoms with van der Waals surface area (Å²) in [6, 6.07) is 11.9. The highest BCUT2D eigenvalue weighted by Gasteiger charge is 2.31. The Morgan fingerprint density at radius 3 is 2.47 bits per heavy atom. The van der Waals surface area contributed by atoms with E-state index < -0.39 is 22.0 Å². The summed E-state index contributed by atoms with van der Waals surface area (Å²) in [5.41, 5.74) is 8.64. The molecule has 8 nitrogen and oxygen atoms in total. The maximum Gasteiger partial charge on any atom is 0.242 e. The van der Waals surface area contributed by atoms with Crippen molar-refractivity contribution in [2.75, 3.05) is 26.0 Å². The van der Waals surface area contributed by atoms with Crippen molar-refractivity contribution in [3.05, 3.63) is 59.2 Å². The summed E-state index contributed by atoms with van der Waals surface area (Å²) in [7, 11) is -0.723. The third kappa shape index (κ3) is 4.53. The van der Waals surface area contributed by atoms with Gasteiger partial charge in [0, 0.05) is 26.3 Å². The van der Waals surface area contributed by atoms with Gasteiger partial charge < -0.3 is 11.1 Å². The molecule has 2 aromatic rings. The quantitative estimate of drug-likeness (QED) is 0.713. The van der Waals surface area contributed by atoms with Crippen LogP contribution in [0.1, 0.15) is 16.7 Å². The summed E-state index contributed by atoms with van der Waals surface area (Å²) >= 11 is 0. The van der Waals surface area contributed by atoms with E-state index in [9.17, 15) is 18.0 Å². The van der Waals surface area contributed by atoms with Gasteiger partial charge in [0.25, 0.3) is 0 Å². The van der Waals surface area contributed by atoms with Crippen LogP contribution in [0.25, 0.3) is 0 Å². The molecule has 2 aromatic carbocycles. The highest BCUT2D eigenvalue weighted by molar-refractivity contribution is 7.89. The Hall–Kier alpha value is -2.75. The van der Waals surface area contributed by atoms with Crippen LogP contribution in [0.4, 0.5) is 5.69 Å². The number of nitrogens with zero attached hydrogens (tertiary/aromatic N) is 2. The third-order valence-corrected chi connectivity index (χ3v) is 7.21. The fourth-order valence-electron chi connectivity index (χ4n) is 3.56. The van der Waals surface area contributed by atoms with Crippen LogP contribution < -0.4 is 11.1 Å². The summed E-state index contributed by atoms with van der Waals surface area (Å²) in [6.07, 6.45) is 0.453. The number of carbonyl (C=O) groups excluding carboxylic acids is 2. The normalized spacial score (nSPS) is 16.9. The summed E-state index contributed by atoms with van der Waals surface area (Å²) in [4.78, 5) is 26.5. The lowest BCUT2D eigenvalue weighted by Crippen LogP contribution is -2.50. The Kier molecular flexibility index (Phi) is 6.25. The van der Waals surface area contributed by atoms with E-state index >= 15 is 0 Å². The average Bonchev–Trinajstić information content (AvgIpc) is 2.68. The summed E-state index contributed by atoms with van der Waals surface area (Å²) in [6.45, 7) is 2.10. The first-order valence-corrected chi connectivity index (χ1v) is 11.0. The molecule has 0 bridgehead atoms. The van der Waals surface area contributed by atoms with Crippen LogP contribution in [0.3, 0.4) is 0 Å². The maximum atomic E-state index is 12.7. The lowest BCUT2D eigenvalue weighted by molar-refractivity contribution is -0.125. The molecule has 1 aliphatic heterocycles. The van der Waals surface area contributed by atoms with Crippen LogP contribution >= 0.6 is 0 Å². The van der Waals surface area contributed by atoms with Crippen molar-refractivity contribution in [2.45, 2.75) is 30.8 Å². The van der Waals surface area contributed by atoms with Crippen molar-refractivity contribution in [1.29, 1.82) is 0 Å². The van der Waals surface area contributed by atoms with Gasteiger partial charge in [-0.05, 0) is 42.2 Å². The number of hydrogen-bond donors (Lipinski definition) is 2. The topological polar surface area (TPSA) is 113 Å². The van der Waals surface area contributed by atoms with Gasteiger partial charge in [0.15, 0.2) is 0 Å². The van der Waals surface area contributed by atoms with E-state index in [2.05, 4.69) is 5.32 Å². The molecule has 0 spiro atoms. The first-order chi connectivity index (χ1) is 14.1. The molecular weight excluding hydrogens is 404 g/mol. The highest BCUT2D eigenvalue weighted by atomic mass is 32.2. The molecule has 1 heterocycles. The lowest BCUT2D eigenvalue weighted by Gasteiger charge is -2.34. The number of carbonyl (C=O) groups is 2. The second-order valence-electron chi connectivity index (χ2n) is 7.61. The number of fused-ring (bicyclic) bond motifs is 1. The molecule has 3 N–H and O–H groups in total. The minimum atomic E-state index is -3.64. The SMILES string of the molecule is Cc1ccc(NC(=O)CN2Cc3ccccc3C[C@H]2C(N)=O)cc1S(=O)(=O)N(C)C. The first-order valence-electron chi connectivity index (χ1n) is 9.53. The summed E-state index contributed by atoms with van der Waals surface area (Å²) < 4.78 is 26.1. The molecule has 9 heteroatoms. The Labute approximate surface area is 176 Å². The van der Waals surface area contributed by atoms with E-state index in [-0.39, 0.29) is 17.3 Å². The van der Waals surface area contributed by atoms with E-state index in [4.69, 9.17) is 5.73 Å². The van der Waals surface area contributed by atoms with Crippen LogP contribution in [0, 0.1) is 6.92 Å². The summed E-state index contributed by atoms with van der Waals surface area (Å²) in [5.74, 6) is -0.829. The Morgan fingerprint density at radius 1 is 1.17 bits per heavy atom. The second kappa shape index (κ2) is 8.55. The number of aryl methyl sites for hydroxylation is 1. The van der Waals surface area contributed by atoms with Crippen molar-refractivity contribution in [2.24, 2.45) is 5.73 Å². The predicted octanol–water partition coefficient (Wildman–Crippen LogP) is 1.10. The van der Waals surface area contributed by atoms with Crippen molar-refractivity contribution in [3.63, 3.8) is 0 Å². The molecule has 3 rings (SSSR count). The van der Waals surface area contributed by atoms with Crippen molar-refractivity contribution >= 4 is 27.5 Å². The van der Waals surface area contributed by atoms with Gasteiger partial charge in [0.05, 0.1) is 17.5 Å². The number of anilines is 1. The number of sulfonamides is 1. The van der Waals surface area contributed by atoms with E-state index in [1.54, 1.807) is 24.0 Å². The number of nitrogens with two attached hydrogens (primary N) is 1. The smallest absolute Gasteiger partial charge is 0.242 e. The van der Waals surface area contributed by atoms with Crippen molar-refractivity contribution in [3.8, 4) is 0 Å². The molecule has 0 aliphatic carbocycles. The van der Waals surface area contributed by atoms with Crippen molar-refractivity contribution in [1.82, 2.24) is 9.21 Å². The minimum Gasteiger partial charge on any atom is -0.368 e. The molecule has 2 amide bonds. The predicted molar refractivity (Wildman–Crippen MR) is 114 cm³/mol. The summed E-state index contributed by atoms with van der Waals surface area (Å²) in [5, 5.41) is 2.74. The van der Waals surface area contributed by atoms with E-state index in [1.807, 2.05) is 24.3 Å². The van der Waals surface area contributed by atoms with Gasteiger partial charge in [-0.1, -0.05) is 30.3 Å². The monoisotopic (exact) mass is 430 g/mol. The zero-order valence-electron chi connectivity index (χ0n) is 17.3. The Balaban J connectivity index is 1.78. The molecule has 0 radical (unpaired) electrons. The molecule has 1 atom stereocenters. The largest absolute Gasteiger partial charge is 0.368 e. The van der Waals surface area contributed by atoms with E-state index in [0.29, 0.717) is 24.2 Å². The zero-order valence-corrected chi connectivity index (χ0v) is 18.1.